The van der Waals surface area contributed by atoms with Gasteiger partial charge in [0.1, 0.15) is 5.75 Å². The zero-order valence-electron chi connectivity index (χ0n) is 12.5. The number of thiazole rings is 1. The Kier molecular flexibility index (Phi) is 3.63. The number of rotatable bonds is 3. The molecule has 0 saturated heterocycles. The number of ether oxygens (including phenoxy) is 1. The Morgan fingerprint density at radius 1 is 1.30 bits per heavy atom. The minimum atomic E-state index is -0.0962. The van der Waals surface area contributed by atoms with Crippen molar-refractivity contribution < 1.29 is 9.53 Å². The van der Waals surface area contributed by atoms with Gasteiger partial charge in [-0.1, -0.05) is 6.07 Å². The summed E-state index contributed by atoms with van der Waals surface area (Å²) >= 11 is 2.99. The number of hydrogen-bond donors (Lipinski definition) is 1. The van der Waals surface area contributed by atoms with E-state index in [1.165, 1.54) is 21.8 Å². The van der Waals surface area contributed by atoms with E-state index in [4.69, 9.17) is 4.74 Å². The predicted octanol–water partition coefficient (Wildman–Crippen LogP) is 4.23. The highest BCUT2D eigenvalue weighted by Gasteiger charge is 2.22. The van der Waals surface area contributed by atoms with Crippen LogP contribution < -0.4 is 10.1 Å². The molecule has 0 unspecified atom stereocenters. The molecule has 0 aliphatic heterocycles. The largest absolute Gasteiger partial charge is 0.497 e. The molecule has 1 aliphatic rings. The Hall–Kier alpha value is -2.18. The minimum Gasteiger partial charge on any atom is -0.497 e. The number of methoxy groups -OCH3 is 1. The van der Waals surface area contributed by atoms with Crippen LogP contribution >= 0.6 is 22.7 Å². The molecule has 6 heteroatoms. The highest BCUT2D eigenvalue weighted by Crippen LogP contribution is 2.39. The maximum Gasteiger partial charge on any atom is 0.267 e. The quantitative estimate of drug-likeness (QED) is 0.775. The van der Waals surface area contributed by atoms with Gasteiger partial charge in [0.25, 0.3) is 5.91 Å². The van der Waals surface area contributed by atoms with Crippen molar-refractivity contribution in [1.29, 1.82) is 0 Å². The van der Waals surface area contributed by atoms with Crippen LogP contribution in [0.15, 0.2) is 35.7 Å². The van der Waals surface area contributed by atoms with E-state index in [1.54, 1.807) is 18.4 Å². The summed E-state index contributed by atoms with van der Waals surface area (Å²) in [7, 11) is 1.68. The average Bonchev–Trinajstić information content (AvgIpc) is 3.23. The third-order valence-corrected chi connectivity index (χ3v) is 5.75. The monoisotopic (exact) mass is 342 g/mol. The van der Waals surface area contributed by atoms with Crippen molar-refractivity contribution >= 4 is 33.7 Å². The van der Waals surface area contributed by atoms with E-state index >= 15 is 0 Å². The van der Waals surface area contributed by atoms with E-state index in [0.29, 0.717) is 10.0 Å². The number of carbonyl (C=O) groups excluding carboxylic acids is 1. The second kappa shape index (κ2) is 5.79. The normalized spacial score (nSPS) is 12.4. The van der Waals surface area contributed by atoms with E-state index in [-0.39, 0.29) is 5.91 Å². The Morgan fingerprint density at radius 3 is 3.00 bits per heavy atom. The van der Waals surface area contributed by atoms with Crippen LogP contribution in [0.5, 0.6) is 5.75 Å². The fourth-order valence-electron chi connectivity index (χ4n) is 2.73. The van der Waals surface area contributed by atoms with Gasteiger partial charge in [0.15, 0.2) is 5.13 Å². The van der Waals surface area contributed by atoms with Crippen LogP contribution in [0.4, 0.5) is 5.13 Å². The highest BCUT2D eigenvalue weighted by atomic mass is 32.1. The number of aryl methyl sites for hydroxylation is 2. The van der Waals surface area contributed by atoms with Gasteiger partial charge in [0, 0.05) is 10.4 Å². The van der Waals surface area contributed by atoms with Crippen molar-refractivity contribution in [2.75, 3.05) is 12.4 Å². The number of carbonyl (C=O) groups is 1. The van der Waals surface area contributed by atoms with Gasteiger partial charge in [0.2, 0.25) is 0 Å². The first-order valence-corrected chi connectivity index (χ1v) is 8.96. The SMILES string of the molecule is COc1ccc2c(c1)CCc1sc(NC(=O)c3cccs3)nc1-2. The van der Waals surface area contributed by atoms with Gasteiger partial charge < -0.3 is 4.74 Å². The molecule has 1 N–H and O–H groups in total. The van der Waals surface area contributed by atoms with Crippen molar-refractivity contribution in [2.24, 2.45) is 0 Å². The summed E-state index contributed by atoms with van der Waals surface area (Å²) in [6, 6.07) is 9.76. The standard InChI is InChI=1S/C17H14N2O2S2/c1-21-11-5-6-12-10(9-11)4-7-13-15(12)18-17(23-13)19-16(20)14-3-2-8-22-14/h2-3,5-6,8-9H,4,7H2,1H3,(H,18,19,20). The zero-order chi connectivity index (χ0) is 15.8. The molecule has 0 radical (unpaired) electrons. The van der Waals surface area contributed by atoms with Crippen LogP contribution in [0.25, 0.3) is 11.3 Å². The third-order valence-electron chi connectivity index (χ3n) is 3.85. The van der Waals surface area contributed by atoms with Crippen LogP contribution in [-0.4, -0.2) is 18.0 Å². The van der Waals surface area contributed by atoms with Crippen LogP contribution in [0, 0.1) is 0 Å². The molecular weight excluding hydrogens is 328 g/mol. The summed E-state index contributed by atoms with van der Waals surface area (Å²) in [4.78, 5) is 18.7. The van der Waals surface area contributed by atoms with E-state index < -0.39 is 0 Å². The summed E-state index contributed by atoms with van der Waals surface area (Å²) in [5.41, 5.74) is 3.37. The number of aromatic nitrogens is 1. The number of fused-ring (bicyclic) bond motifs is 3. The first kappa shape index (κ1) is 14.4. The summed E-state index contributed by atoms with van der Waals surface area (Å²) < 4.78 is 5.29. The van der Waals surface area contributed by atoms with E-state index in [0.717, 1.165) is 29.8 Å². The molecule has 2 heterocycles. The topological polar surface area (TPSA) is 51.2 Å². The lowest BCUT2D eigenvalue weighted by Gasteiger charge is -2.15. The second-order valence-electron chi connectivity index (χ2n) is 5.25. The number of nitrogens with one attached hydrogen (secondary N) is 1. The molecule has 116 valence electrons. The number of hydrogen-bond acceptors (Lipinski definition) is 5. The number of anilines is 1. The number of nitrogens with zero attached hydrogens (tertiary/aromatic N) is 1. The Bertz CT molecular complexity index is 869. The van der Waals surface area contributed by atoms with Gasteiger partial charge in [-0.2, -0.15) is 0 Å². The van der Waals surface area contributed by atoms with Crippen LogP contribution in [0.3, 0.4) is 0 Å². The van der Waals surface area contributed by atoms with Crippen molar-refractivity contribution in [3.8, 4) is 17.0 Å². The molecule has 1 aromatic carbocycles. The molecule has 4 nitrogen and oxygen atoms in total. The maximum atomic E-state index is 12.2. The van der Waals surface area contributed by atoms with Crippen molar-refractivity contribution in [1.82, 2.24) is 4.98 Å². The lowest BCUT2D eigenvalue weighted by Crippen LogP contribution is -2.09. The molecule has 1 amide bonds. The maximum absolute atomic E-state index is 12.2. The molecule has 23 heavy (non-hydrogen) atoms. The summed E-state index contributed by atoms with van der Waals surface area (Å²) in [5.74, 6) is 0.773. The fraction of sp³-hybridized carbons (Fsp3) is 0.176. The Balaban J connectivity index is 1.65. The van der Waals surface area contributed by atoms with Crippen LogP contribution in [0.2, 0.25) is 0 Å². The minimum absolute atomic E-state index is 0.0962. The van der Waals surface area contributed by atoms with Crippen molar-refractivity contribution in [3.05, 3.63) is 51.0 Å². The van der Waals surface area contributed by atoms with Crippen molar-refractivity contribution in [3.63, 3.8) is 0 Å². The number of benzene rings is 1. The number of thiophene rings is 1. The molecule has 0 fully saturated rings. The van der Waals surface area contributed by atoms with Gasteiger partial charge in [-0.15, -0.1) is 22.7 Å². The Morgan fingerprint density at radius 2 is 2.22 bits per heavy atom. The van der Waals surface area contributed by atoms with Gasteiger partial charge in [0.05, 0.1) is 17.7 Å². The average molecular weight is 342 g/mol. The van der Waals surface area contributed by atoms with Gasteiger partial charge in [-0.3, -0.25) is 10.1 Å². The lowest BCUT2D eigenvalue weighted by molar-refractivity contribution is 0.103. The molecule has 4 rings (SSSR count). The van der Waals surface area contributed by atoms with Crippen LogP contribution in [0.1, 0.15) is 20.1 Å². The Labute approximate surface area is 141 Å². The third kappa shape index (κ3) is 2.64. The fourth-order valence-corrected chi connectivity index (χ4v) is 4.32. The predicted molar refractivity (Wildman–Crippen MR) is 93.8 cm³/mol. The number of amides is 1. The highest BCUT2D eigenvalue weighted by molar-refractivity contribution is 7.16. The van der Waals surface area contributed by atoms with Gasteiger partial charge in [-0.05, 0) is 48.1 Å². The van der Waals surface area contributed by atoms with Gasteiger partial charge >= 0.3 is 0 Å². The summed E-state index contributed by atoms with van der Waals surface area (Å²) in [5, 5.41) is 5.47. The van der Waals surface area contributed by atoms with Gasteiger partial charge in [-0.25, -0.2) is 4.98 Å². The first-order chi connectivity index (χ1) is 11.2. The van der Waals surface area contributed by atoms with E-state index in [2.05, 4.69) is 22.4 Å². The smallest absolute Gasteiger partial charge is 0.267 e. The molecule has 0 spiro atoms. The second-order valence-corrected chi connectivity index (χ2v) is 7.28. The van der Waals surface area contributed by atoms with E-state index in [1.807, 2.05) is 23.6 Å². The summed E-state index contributed by atoms with van der Waals surface area (Å²) in [6.45, 7) is 0. The zero-order valence-corrected chi connectivity index (χ0v) is 14.1. The molecule has 0 atom stereocenters. The molecular formula is C17H14N2O2S2. The summed E-state index contributed by atoms with van der Waals surface area (Å²) in [6.07, 6.45) is 1.92. The first-order valence-electron chi connectivity index (χ1n) is 7.26. The van der Waals surface area contributed by atoms with E-state index in [9.17, 15) is 4.79 Å². The molecule has 0 bridgehead atoms. The molecule has 0 saturated carbocycles. The lowest BCUT2D eigenvalue weighted by atomic mass is 9.93. The molecule has 3 aromatic rings. The molecule has 1 aliphatic carbocycles. The van der Waals surface area contributed by atoms with Crippen molar-refractivity contribution in [2.45, 2.75) is 12.8 Å². The van der Waals surface area contributed by atoms with Crippen LogP contribution in [-0.2, 0) is 12.8 Å². The molecule has 2 aromatic heterocycles.